The zero-order chi connectivity index (χ0) is 20.7. The average molecular weight is 392 g/mol. The number of hydrogen-bond donors (Lipinski definition) is 0. The second-order valence-corrected chi connectivity index (χ2v) is 8.14. The van der Waals surface area contributed by atoms with Crippen molar-refractivity contribution in [2.75, 3.05) is 18.0 Å². The Morgan fingerprint density at radius 3 is 2.21 bits per heavy atom. The van der Waals surface area contributed by atoms with E-state index in [1.807, 2.05) is 36.9 Å². The molecule has 0 spiro atoms. The maximum Gasteiger partial charge on any atom is 0.282 e. The van der Waals surface area contributed by atoms with Gasteiger partial charge in [0.05, 0.1) is 11.3 Å². The van der Waals surface area contributed by atoms with Gasteiger partial charge in [0.15, 0.2) is 0 Å². The molecule has 0 atom stereocenters. The van der Waals surface area contributed by atoms with E-state index in [2.05, 4.69) is 6.92 Å². The Morgan fingerprint density at radius 1 is 0.931 bits per heavy atom. The minimum atomic E-state index is -0.370. The van der Waals surface area contributed by atoms with Crippen molar-refractivity contribution < 1.29 is 14.0 Å². The first-order valence-corrected chi connectivity index (χ1v) is 10.1. The highest BCUT2D eigenvalue weighted by molar-refractivity contribution is 6.45. The largest absolute Gasteiger partial charge is 0.366 e. The van der Waals surface area contributed by atoms with Crippen LogP contribution in [-0.2, 0) is 9.59 Å². The van der Waals surface area contributed by atoms with Gasteiger partial charge in [-0.15, -0.1) is 0 Å². The van der Waals surface area contributed by atoms with Gasteiger partial charge in [-0.2, -0.15) is 0 Å². The Labute approximate surface area is 170 Å². The minimum absolute atomic E-state index is 0.296. The zero-order valence-electron chi connectivity index (χ0n) is 17.0. The Morgan fingerprint density at radius 2 is 1.59 bits per heavy atom. The van der Waals surface area contributed by atoms with E-state index in [0.717, 1.165) is 37.1 Å². The third-order valence-electron chi connectivity index (χ3n) is 5.89. The smallest absolute Gasteiger partial charge is 0.282 e. The maximum absolute atomic E-state index is 13.5. The van der Waals surface area contributed by atoms with Crippen molar-refractivity contribution in [2.45, 2.75) is 33.6 Å². The second kappa shape index (κ2) is 7.47. The van der Waals surface area contributed by atoms with Gasteiger partial charge in [0.25, 0.3) is 11.8 Å². The molecule has 29 heavy (non-hydrogen) atoms. The van der Waals surface area contributed by atoms with Crippen molar-refractivity contribution in [2.24, 2.45) is 5.92 Å². The molecule has 0 unspecified atom stereocenters. The number of likely N-dealkylation sites (tertiary alicyclic amines) is 1. The molecule has 2 heterocycles. The molecule has 2 aliphatic heterocycles. The van der Waals surface area contributed by atoms with Gasteiger partial charge >= 0.3 is 0 Å². The molecule has 0 aromatic heterocycles. The summed E-state index contributed by atoms with van der Waals surface area (Å²) in [6.45, 7) is 7.56. The molecule has 150 valence electrons. The van der Waals surface area contributed by atoms with Crippen LogP contribution >= 0.6 is 0 Å². The number of piperidine rings is 1. The van der Waals surface area contributed by atoms with E-state index in [0.29, 0.717) is 28.4 Å². The first kappa shape index (κ1) is 19.4. The molecule has 0 saturated carbocycles. The van der Waals surface area contributed by atoms with Crippen molar-refractivity contribution in [3.05, 3.63) is 70.7 Å². The first-order chi connectivity index (χ1) is 13.9. The summed E-state index contributed by atoms with van der Waals surface area (Å²) in [7, 11) is 0. The maximum atomic E-state index is 13.5. The minimum Gasteiger partial charge on any atom is -0.366 e. The van der Waals surface area contributed by atoms with Crippen LogP contribution in [0, 0.1) is 25.6 Å². The molecular weight excluding hydrogens is 367 g/mol. The van der Waals surface area contributed by atoms with E-state index in [4.69, 9.17) is 0 Å². The SMILES string of the molecule is Cc1ccc(N2C(=O)C(c3ccc(F)cc3)=C(N3CCC(C)CC3)C2=O)c(C)c1. The summed E-state index contributed by atoms with van der Waals surface area (Å²) in [5.74, 6) is -0.410. The topological polar surface area (TPSA) is 40.6 Å². The monoisotopic (exact) mass is 392 g/mol. The molecule has 5 heteroatoms. The lowest BCUT2D eigenvalue weighted by atomic mass is 9.97. The van der Waals surface area contributed by atoms with Gasteiger partial charge in [-0.3, -0.25) is 9.59 Å². The van der Waals surface area contributed by atoms with E-state index in [-0.39, 0.29) is 17.6 Å². The molecular formula is C24H25FN2O2. The standard InChI is InChI=1S/C24H25FN2O2/c1-15-10-12-26(13-11-15)22-21(18-5-7-19(25)8-6-18)23(28)27(24(22)29)20-9-4-16(2)14-17(20)3/h4-9,14-15H,10-13H2,1-3H3. The van der Waals surface area contributed by atoms with Crippen LogP contribution in [-0.4, -0.2) is 29.8 Å². The molecule has 1 fully saturated rings. The highest BCUT2D eigenvalue weighted by Gasteiger charge is 2.43. The van der Waals surface area contributed by atoms with Gasteiger partial charge in [0, 0.05) is 13.1 Å². The van der Waals surface area contributed by atoms with Crippen molar-refractivity contribution in [1.29, 1.82) is 0 Å². The average Bonchev–Trinajstić information content (AvgIpc) is 2.94. The number of aryl methyl sites for hydroxylation is 2. The van der Waals surface area contributed by atoms with Crippen molar-refractivity contribution in [1.82, 2.24) is 4.90 Å². The number of nitrogens with zero attached hydrogens (tertiary/aromatic N) is 2. The highest BCUT2D eigenvalue weighted by atomic mass is 19.1. The number of amides is 2. The quantitative estimate of drug-likeness (QED) is 0.724. The number of rotatable bonds is 3. The molecule has 2 aromatic carbocycles. The van der Waals surface area contributed by atoms with Crippen LogP contribution in [0.2, 0.25) is 0 Å². The zero-order valence-corrected chi connectivity index (χ0v) is 17.0. The number of benzene rings is 2. The van der Waals surface area contributed by atoms with E-state index < -0.39 is 0 Å². The fraction of sp³-hybridized carbons (Fsp3) is 0.333. The molecule has 0 bridgehead atoms. The van der Waals surface area contributed by atoms with Gasteiger partial charge in [-0.25, -0.2) is 9.29 Å². The van der Waals surface area contributed by atoms with Gasteiger partial charge in [0.2, 0.25) is 0 Å². The van der Waals surface area contributed by atoms with Crippen LogP contribution in [0.1, 0.15) is 36.5 Å². The molecule has 2 amide bonds. The normalized spacial score (nSPS) is 18.2. The second-order valence-electron chi connectivity index (χ2n) is 8.14. The van der Waals surface area contributed by atoms with Crippen molar-refractivity contribution in [3.8, 4) is 0 Å². The number of halogens is 1. The fourth-order valence-corrected chi connectivity index (χ4v) is 4.20. The van der Waals surface area contributed by atoms with E-state index in [9.17, 15) is 14.0 Å². The van der Waals surface area contributed by atoms with Crippen LogP contribution in [0.5, 0.6) is 0 Å². The van der Waals surface area contributed by atoms with Crippen LogP contribution in [0.15, 0.2) is 48.2 Å². The summed E-state index contributed by atoms with van der Waals surface area (Å²) >= 11 is 0. The summed E-state index contributed by atoms with van der Waals surface area (Å²) in [5, 5.41) is 0. The molecule has 0 aliphatic carbocycles. The number of hydrogen-bond acceptors (Lipinski definition) is 3. The van der Waals surface area contributed by atoms with Crippen molar-refractivity contribution >= 4 is 23.1 Å². The van der Waals surface area contributed by atoms with Crippen molar-refractivity contribution in [3.63, 3.8) is 0 Å². The van der Waals surface area contributed by atoms with E-state index in [1.54, 1.807) is 12.1 Å². The van der Waals surface area contributed by atoms with Crippen LogP contribution < -0.4 is 4.90 Å². The summed E-state index contributed by atoms with van der Waals surface area (Å²) in [5.41, 5.74) is 3.93. The van der Waals surface area contributed by atoms with E-state index >= 15 is 0 Å². The van der Waals surface area contributed by atoms with Crippen LogP contribution in [0.25, 0.3) is 5.57 Å². The summed E-state index contributed by atoms with van der Waals surface area (Å²) in [6.07, 6.45) is 1.95. The van der Waals surface area contributed by atoms with Crippen LogP contribution in [0.4, 0.5) is 10.1 Å². The Hall–Kier alpha value is -2.95. The summed E-state index contributed by atoms with van der Waals surface area (Å²) in [4.78, 5) is 30.3. The van der Waals surface area contributed by atoms with Gasteiger partial charge in [-0.05, 0) is 61.9 Å². The molecule has 2 aromatic rings. The molecule has 1 saturated heterocycles. The first-order valence-electron chi connectivity index (χ1n) is 10.1. The Balaban J connectivity index is 1.82. The van der Waals surface area contributed by atoms with E-state index in [1.165, 1.54) is 17.0 Å². The predicted octanol–water partition coefficient (Wildman–Crippen LogP) is 4.46. The Bertz CT molecular complexity index is 1000. The lowest BCUT2D eigenvalue weighted by Crippen LogP contribution is -2.38. The Kier molecular flexibility index (Phi) is 4.99. The fourth-order valence-electron chi connectivity index (χ4n) is 4.20. The molecule has 0 radical (unpaired) electrons. The van der Waals surface area contributed by atoms with Gasteiger partial charge < -0.3 is 4.90 Å². The third-order valence-corrected chi connectivity index (χ3v) is 5.89. The van der Waals surface area contributed by atoms with Gasteiger partial charge in [0.1, 0.15) is 11.5 Å². The summed E-state index contributed by atoms with van der Waals surface area (Å²) in [6, 6.07) is 11.5. The number of anilines is 1. The predicted molar refractivity (Wildman–Crippen MR) is 112 cm³/mol. The summed E-state index contributed by atoms with van der Waals surface area (Å²) < 4.78 is 13.5. The van der Waals surface area contributed by atoms with Gasteiger partial charge in [-0.1, -0.05) is 36.8 Å². The molecule has 0 N–H and O–H groups in total. The number of carbonyl (C=O) groups is 2. The lowest BCUT2D eigenvalue weighted by Gasteiger charge is -2.32. The number of carbonyl (C=O) groups excluding carboxylic acids is 2. The molecule has 4 nitrogen and oxygen atoms in total. The number of imide groups is 1. The highest BCUT2D eigenvalue weighted by Crippen LogP contribution is 2.37. The molecule has 2 aliphatic rings. The van der Waals surface area contributed by atoms with Crippen LogP contribution in [0.3, 0.4) is 0 Å². The molecule has 4 rings (SSSR count). The third kappa shape index (κ3) is 3.46. The lowest BCUT2D eigenvalue weighted by molar-refractivity contribution is -0.120.